The van der Waals surface area contributed by atoms with Crippen molar-refractivity contribution in [2.24, 2.45) is 7.05 Å². The summed E-state index contributed by atoms with van der Waals surface area (Å²) >= 11 is 1.57. The molecule has 0 radical (unpaired) electrons. The van der Waals surface area contributed by atoms with Gasteiger partial charge in [-0.25, -0.2) is 0 Å². The van der Waals surface area contributed by atoms with Crippen molar-refractivity contribution < 1.29 is 9.53 Å². The number of Topliss-reactive ketones (excluding diaryl/α,β-unsaturated/α-hetero) is 1. The van der Waals surface area contributed by atoms with Crippen molar-refractivity contribution in [2.45, 2.75) is 24.8 Å². The Kier molecular flexibility index (Phi) is 5.42. The highest BCUT2D eigenvalue weighted by atomic mass is 32.2. The molecule has 0 N–H and O–H groups in total. The maximum Gasteiger partial charge on any atom is 0.191 e. The largest absolute Gasteiger partial charge is 0.496 e. The Hall–Kier alpha value is -2.60. The minimum Gasteiger partial charge on any atom is -0.496 e. The Morgan fingerprint density at radius 2 is 2.00 bits per heavy atom. The van der Waals surface area contributed by atoms with E-state index in [1.165, 1.54) is 5.56 Å². The van der Waals surface area contributed by atoms with Gasteiger partial charge in [0.05, 0.1) is 7.11 Å². The second-order valence-electron chi connectivity index (χ2n) is 6.11. The Bertz CT molecular complexity index is 950. The van der Waals surface area contributed by atoms with Crippen LogP contribution < -0.4 is 4.74 Å². The minimum absolute atomic E-state index is 0.0410. The summed E-state index contributed by atoms with van der Waals surface area (Å²) in [5, 5.41) is 9.47. The van der Waals surface area contributed by atoms with E-state index in [1.807, 2.05) is 35.9 Å². The third-order valence-electron chi connectivity index (χ3n) is 4.15. The van der Waals surface area contributed by atoms with Gasteiger partial charge in [0.2, 0.25) is 0 Å². The van der Waals surface area contributed by atoms with Gasteiger partial charge in [-0.3, -0.25) is 4.79 Å². The van der Waals surface area contributed by atoms with Crippen molar-refractivity contribution in [1.82, 2.24) is 14.8 Å². The molecule has 3 aromatic rings. The molecule has 0 unspecified atom stereocenters. The lowest BCUT2D eigenvalue weighted by Gasteiger charge is -2.10. The smallest absolute Gasteiger partial charge is 0.191 e. The second kappa shape index (κ2) is 7.74. The first kappa shape index (κ1) is 18.2. The van der Waals surface area contributed by atoms with Gasteiger partial charge < -0.3 is 9.30 Å². The summed E-state index contributed by atoms with van der Waals surface area (Å²) < 4.78 is 7.41. The number of benzene rings is 2. The summed E-state index contributed by atoms with van der Waals surface area (Å²) in [6, 6.07) is 13.7. The molecule has 1 aromatic heterocycles. The summed E-state index contributed by atoms with van der Waals surface area (Å²) in [5.41, 5.74) is 3.87. The van der Waals surface area contributed by atoms with Crippen LogP contribution in [0.1, 0.15) is 28.4 Å². The number of methoxy groups -OCH3 is 1. The fourth-order valence-electron chi connectivity index (χ4n) is 2.73. The van der Waals surface area contributed by atoms with Crippen LogP contribution in [0.25, 0.3) is 11.4 Å². The molecule has 0 saturated carbocycles. The Labute approximate surface area is 157 Å². The highest BCUT2D eigenvalue weighted by Gasteiger charge is 2.13. The van der Waals surface area contributed by atoms with Crippen molar-refractivity contribution in [3.8, 4) is 17.1 Å². The second-order valence-corrected chi connectivity index (χ2v) is 7.05. The third-order valence-corrected chi connectivity index (χ3v) is 5.22. The van der Waals surface area contributed by atoms with Gasteiger partial charge in [-0.2, -0.15) is 0 Å². The number of hydrogen-bond acceptors (Lipinski definition) is 5. The molecular weight excluding hydrogens is 346 g/mol. The number of aromatic nitrogens is 3. The van der Waals surface area contributed by atoms with Crippen molar-refractivity contribution in [3.63, 3.8) is 0 Å². The zero-order valence-corrected chi connectivity index (χ0v) is 16.1. The molecule has 3 rings (SSSR count). The third kappa shape index (κ3) is 3.80. The van der Waals surface area contributed by atoms with E-state index in [1.54, 1.807) is 31.9 Å². The van der Waals surface area contributed by atoms with Crippen molar-refractivity contribution in [2.75, 3.05) is 7.11 Å². The summed E-state index contributed by atoms with van der Waals surface area (Å²) in [4.78, 5) is 11.6. The highest BCUT2D eigenvalue weighted by Crippen LogP contribution is 2.30. The van der Waals surface area contributed by atoms with Crippen LogP contribution in [0.2, 0.25) is 0 Å². The average Bonchev–Trinajstić information content (AvgIpc) is 3.00. The monoisotopic (exact) mass is 367 g/mol. The number of rotatable bonds is 6. The lowest BCUT2D eigenvalue weighted by Crippen LogP contribution is -1.98. The van der Waals surface area contributed by atoms with Gasteiger partial charge in [0.1, 0.15) is 5.75 Å². The number of aryl methyl sites for hydroxylation is 1. The van der Waals surface area contributed by atoms with Crippen molar-refractivity contribution >= 4 is 17.5 Å². The zero-order valence-electron chi connectivity index (χ0n) is 15.3. The quantitative estimate of drug-likeness (QED) is 0.480. The van der Waals surface area contributed by atoms with Crippen LogP contribution in [-0.4, -0.2) is 27.7 Å². The fraction of sp³-hybridized carbons (Fsp3) is 0.250. The van der Waals surface area contributed by atoms with E-state index in [0.717, 1.165) is 27.9 Å². The number of hydrogen-bond donors (Lipinski definition) is 0. The van der Waals surface area contributed by atoms with E-state index in [-0.39, 0.29) is 5.78 Å². The molecule has 0 saturated heterocycles. The number of thioether (sulfide) groups is 1. The van der Waals surface area contributed by atoms with Crippen molar-refractivity contribution in [3.05, 3.63) is 59.2 Å². The SMILES string of the molecule is COc1ccc(C(C)=O)cc1CSc1nnc(-c2cccc(C)c2)n1C. The van der Waals surface area contributed by atoms with Gasteiger partial charge in [-0.15, -0.1) is 10.2 Å². The van der Waals surface area contributed by atoms with Crippen LogP contribution in [0.15, 0.2) is 47.6 Å². The molecule has 0 bridgehead atoms. The van der Waals surface area contributed by atoms with Crippen LogP contribution in [0, 0.1) is 6.92 Å². The predicted octanol–water partition coefficient (Wildman–Crippen LogP) is 4.29. The zero-order chi connectivity index (χ0) is 18.7. The van der Waals surface area contributed by atoms with Crippen LogP contribution in [-0.2, 0) is 12.8 Å². The number of nitrogens with zero attached hydrogens (tertiary/aromatic N) is 3. The molecule has 6 heteroatoms. The molecule has 26 heavy (non-hydrogen) atoms. The lowest BCUT2D eigenvalue weighted by molar-refractivity contribution is 0.101. The summed E-state index contributed by atoms with van der Waals surface area (Å²) in [6.07, 6.45) is 0. The topological polar surface area (TPSA) is 57.0 Å². The summed E-state index contributed by atoms with van der Waals surface area (Å²) in [6.45, 7) is 3.62. The van der Waals surface area contributed by atoms with Gasteiger partial charge in [-0.1, -0.05) is 35.5 Å². The first-order valence-corrected chi connectivity index (χ1v) is 9.25. The number of ether oxygens (including phenoxy) is 1. The molecule has 2 aromatic carbocycles. The number of ketones is 1. The first-order valence-electron chi connectivity index (χ1n) is 8.26. The molecule has 0 aliphatic heterocycles. The Morgan fingerprint density at radius 3 is 2.69 bits per heavy atom. The van der Waals surface area contributed by atoms with E-state index < -0.39 is 0 Å². The number of carbonyl (C=O) groups is 1. The maximum atomic E-state index is 11.6. The Morgan fingerprint density at radius 1 is 1.19 bits per heavy atom. The Balaban J connectivity index is 1.83. The van der Waals surface area contributed by atoms with E-state index in [4.69, 9.17) is 4.74 Å². The van der Waals surface area contributed by atoms with Gasteiger partial charge in [0.15, 0.2) is 16.8 Å². The van der Waals surface area contributed by atoms with E-state index >= 15 is 0 Å². The van der Waals surface area contributed by atoms with E-state index in [0.29, 0.717) is 11.3 Å². The van der Waals surface area contributed by atoms with Crippen LogP contribution in [0.4, 0.5) is 0 Å². The van der Waals surface area contributed by atoms with Crippen LogP contribution in [0.5, 0.6) is 5.75 Å². The fourth-order valence-corrected chi connectivity index (χ4v) is 3.62. The first-order chi connectivity index (χ1) is 12.5. The van der Waals surface area contributed by atoms with E-state index in [2.05, 4.69) is 29.3 Å². The standard InChI is InChI=1S/C20H21N3O2S/c1-13-6-5-7-16(10-13)19-21-22-20(23(19)3)26-12-17-11-15(14(2)24)8-9-18(17)25-4/h5-11H,12H2,1-4H3. The molecule has 134 valence electrons. The molecule has 0 aliphatic rings. The minimum atomic E-state index is 0.0410. The van der Waals surface area contributed by atoms with E-state index in [9.17, 15) is 4.79 Å². The van der Waals surface area contributed by atoms with Gasteiger partial charge in [0, 0.05) is 29.5 Å². The maximum absolute atomic E-state index is 11.6. The molecule has 0 amide bonds. The lowest BCUT2D eigenvalue weighted by atomic mass is 10.1. The van der Waals surface area contributed by atoms with Gasteiger partial charge in [-0.05, 0) is 38.1 Å². The highest BCUT2D eigenvalue weighted by molar-refractivity contribution is 7.98. The van der Waals surface area contributed by atoms with Crippen LogP contribution in [0.3, 0.4) is 0 Å². The predicted molar refractivity (Wildman–Crippen MR) is 104 cm³/mol. The molecule has 0 aliphatic carbocycles. The molecule has 0 fully saturated rings. The van der Waals surface area contributed by atoms with Crippen LogP contribution >= 0.6 is 11.8 Å². The average molecular weight is 367 g/mol. The molecule has 0 spiro atoms. The molecule has 5 nitrogen and oxygen atoms in total. The molecular formula is C20H21N3O2S. The van der Waals surface area contributed by atoms with Gasteiger partial charge in [0.25, 0.3) is 0 Å². The summed E-state index contributed by atoms with van der Waals surface area (Å²) in [5.74, 6) is 2.29. The summed E-state index contributed by atoms with van der Waals surface area (Å²) in [7, 11) is 3.60. The normalized spacial score (nSPS) is 10.8. The molecule has 0 atom stereocenters. The number of carbonyl (C=O) groups excluding carboxylic acids is 1. The van der Waals surface area contributed by atoms with Crippen molar-refractivity contribution in [1.29, 1.82) is 0 Å². The molecule has 1 heterocycles. The van der Waals surface area contributed by atoms with Gasteiger partial charge >= 0.3 is 0 Å².